The molecule has 0 radical (unpaired) electrons. The van der Waals surface area contributed by atoms with Crippen LogP contribution in [0.1, 0.15) is 25.3 Å². The molecule has 1 saturated carbocycles. The summed E-state index contributed by atoms with van der Waals surface area (Å²) in [6.07, 6.45) is 4.35. The summed E-state index contributed by atoms with van der Waals surface area (Å²) < 4.78 is 0. The van der Waals surface area contributed by atoms with Crippen LogP contribution < -0.4 is 0 Å². The molecule has 0 heterocycles. The van der Waals surface area contributed by atoms with Crippen LogP contribution in [0.25, 0.3) is 6.08 Å². The fourth-order valence-electron chi connectivity index (χ4n) is 1.98. The summed E-state index contributed by atoms with van der Waals surface area (Å²) in [4.78, 5) is 0. The molecule has 2 rings (SSSR count). The van der Waals surface area contributed by atoms with Crippen molar-refractivity contribution in [2.75, 3.05) is 0 Å². The van der Waals surface area contributed by atoms with Crippen LogP contribution in [-0.4, -0.2) is 0 Å². The van der Waals surface area contributed by atoms with Crippen LogP contribution in [0.2, 0.25) is 0 Å². The first-order valence-electron chi connectivity index (χ1n) is 5.50. The normalized spacial score (nSPS) is 24.7. The Labute approximate surface area is 91.0 Å². The third-order valence-corrected chi connectivity index (χ3v) is 2.99. The lowest BCUT2D eigenvalue weighted by molar-refractivity contribution is 0.877. The SMILES string of the molecule is CC/C(=C\c1ccccc1)[C@@H]1C[C@H]1C#N. The Morgan fingerprint density at radius 3 is 2.73 bits per heavy atom. The van der Waals surface area contributed by atoms with Crippen LogP contribution >= 0.6 is 0 Å². The zero-order valence-corrected chi connectivity index (χ0v) is 8.98. The number of benzene rings is 1. The van der Waals surface area contributed by atoms with Gasteiger partial charge < -0.3 is 0 Å². The van der Waals surface area contributed by atoms with E-state index in [0.717, 1.165) is 12.8 Å². The minimum absolute atomic E-state index is 0.278. The molecule has 0 spiro atoms. The van der Waals surface area contributed by atoms with E-state index < -0.39 is 0 Å². The zero-order valence-electron chi connectivity index (χ0n) is 8.98. The summed E-state index contributed by atoms with van der Waals surface area (Å²) in [5, 5.41) is 8.81. The smallest absolute Gasteiger partial charge is 0.0662 e. The second-order valence-electron chi connectivity index (χ2n) is 4.06. The molecule has 0 aromatic heterocycles. The van der Waals surface area contributed by atoms with Gasteiger partial charge in [0.1, 0.15) is 0 Å². The van der Waals surface area contributed by atoms with Gasteiger partial charge in [0.05, 0.1) is 12.0 Å². The number of rotatable bonds is 3. The highest BCUT2D eigenvalue weighted by molar-refractivity contribution is 5.54. The fourth-order valence-corrected chi connectivity index (χ4v) is 1.98. The van der Waals surface area contributed by atoms with Crippen molar-refractivity contribution in [2.45, 2.75) is 19.8 Å². The van der Waals surface area contributed by atoms with Crippen LogP contribution in [-0.2, 0) is 0 Å². The Hall–Kier alpha value is -1.55. The minimum Gasteiger partial charge on any atom is -0.198 e. The summed E-state index contributed by atoms with van der Waals surface area (Å²) in [6.45, 7) is 2.17. The molecule has 0 amide bonds. The van der Waals surface area contributed by atoms with E-state index in [-0.39, 0.29) is 5.92 Å². The van der Waals surface area contributed by atoms with Crippen LogP contribution in [0.4, 0.5) is 0 Å². The molecule has 0 unspecified atom stereocenters. The van der Waals surface area contributed by atoms with E-state index in [9.17, 15) is 0 Å². The molecule has 1 heteroatoms. The van der Waals surface area contributed by atoms with E-state index in [4.69, 9.17) is 5.26 Å². The molecular weight excluding hydrogens is 182 g/mol. The maximum Gasteiger partial charge on any atom is 0.0662 e. The maximum absolute atomic E-state index is 8.81. The fraction of sp³-hybridized carbons (Fsp3) is 0.357. The van der Waals surface area contributed by atoms with Gasteiger partial charge in [-0.2, -0.15) is 5.26 Å². The van der Waals surface area contributed by atoms with E-state index in [1.807, 2.05) is 18.2 Å². The second-order valence-corrected chi connectivity index (χ2v) is 4.06. The lowest BCUT2D eigenvalue weighted by Crippen LogP contribution is -1.86. The van der Waals surface area contributed by atoms with Gasteiger partial charge in [-0.25, -0.2) is 0 Å². The van der Waals surface area contributed by atoms with E-state index in [1.54, 1.807) is 0 Å². The molecule has 2 atom stereocenters. The van der Waals surface area contributed by atoms with Crippen molar-refractivity contribution in [1.29, 1.82) is 5.26 Å². The molecule has 1 aliphatic rings. The number of nitrogens with zero attached hydrogens (tertiary/aromatic N) is 1. The lowest BCUT2D eigenvalue weighted by atomic mass is 10.0. The standard InChI is InChI=1S/C14H15N/c1-2-12(14-9-13(14)10-15)8-11-6-4-3-5-7-11/h3-8,13-14H,2,9H2,1H3/b12-8+/t13-,14-/m0/s1. The average molecular weight is 197 g/mol. The molecule has 76 valence electrons. The van der Waals surface area contributed by atoms with Crippen molar-refractivity contribution < 1.29 is 0 Å². The highest BCUT2D eigenvalue weighted by Crippen LogP contribution is 2.45. The first kappa shape index (κ1) is 9.98. The van der Waals surface area contributed by atoms with Gasteiger partial charge in [0.25, 0.3) is 0 Å². The first-order valence-corrected chi connectivity index (χ1v) is 5.50. The van der Waals surface area contributed by atoms with Gasteiger partial charge in [0.15, 0.2) is 0 Å². The summed E-state index contributed by atoms with van der Waals surface area (Å²) in [5.74, 6) is 0.806. The number of allylic oxidation sites excluding steroid dienone is 1. The molecule has 15 heavy (non-hydrogen) atoms. The second kappa shape index (κ2) is 4.31. The number of hydrogen-bond acceptors (Lipinski definition) is 1. The largest absolute Gasteiger partial charge is 0.198 e. The molecule has 1 aliphatic carbocycles. The van der Waals surface area contributed by atoms with Crippen LogP contribution in [0.5, 0.6) is 0 Å². The minimum atomic E-state index is 0.278. The van der Waals surface area contributed by atoms with Crippen molar-refractivity contribution in [3.05, 3.63) is 41.5 Å². The number of nitriles is 1. The number of hydrogen-bond donors (Lipinski definition) is 0. The van der Waals surface area contributed by atoms with Crippen LogP contribution in [0.15, 0.2) is 35.9 Å². The topological polar surface area (TPSA) is 23.8 Å². The van der Waals surface area contributed by atoms with Crippen molar-refractivity contribution >= 4 is 6.08 Å². The third kappa shape index (κ3) is 2.27. The summed E-state index contributed by atoms with van der Waals surface area (Å²) in [7, 11) is 0. The van der Waals surface area contributed by atoms with E-state index >= 15 is 0 Å². The molecule has 1 aromatic carbocycles. The van der Waals surface area contributed by atoms with E-state index in [2.05, 4.69) is 31.2 Å². The van der Waals surface area contributed by atoms with E-state index in [1.165, 1.54) is 11.1 Å². The molecule has 0 N–H and O–H groups in total. The molecule has 0 saturated heterocycles. The van der Waals surface area contributed by atoms with E-state index in [0.29, 0.717) is 5.92 Å². The first-order chi connectivity index (χ1) is 7.35. The van der Waals surface area contributed by atoms with Crippen molar-refractivity contribution in [3.63, 3.8) is 0 Å². The molecule has 0 aliphatic heterocycles. The van der Waals surface area contributed by atoms with Crippen LogP contribution in [0, 0.1) is 23.2 Å². The Morgan fingerprint density at radius 1 is 1.47 bits per heavy atom. The van der Waals surface area contributed by atoms with Crippen molar-refractivity contribution in [1.82, 2.24) is 0 Å². The van der Waals surface area contributed by atoms with Gasteiger partial charge in [-0.15, -0.1) is 0 Å². The summed E-state index contributed by atoms with van der Waals surface area (Å²) >= 11 is 0. The summed E-state index contributed by atoms with van der Waals surface area (Å²) in [6, 6.07) is 12.7. The van der Waals surface area contributed by atoms with Crippen molar-refractivity contribution in [3.8, 4) is 6.07 Å². The van der Waals surface area contributed by atoms with Crippen molar-refractivity contribution in [2.24, 2.45) is 11.8 Å². The zero-order chi connectivity index (χ0) is 10.7. The van der Waals surface area contributed by atoms with Gasteiger partial charge in [-0.3, -0.25) is 0 Å². The van der Waals surface area contributed by atoms with Gasteiger partial charge in [-0.05, 0) is 24.3 Å². The highest BCUT2D eigenvalue weighted by atomic mass is 14.4. The van der Waals surface area contributed by atoms with Gasteiger partial charge in [0.2, 0.25) is 0 Å². The molecule has 0 bridgehead atoms. The Morgan fingerprint density at radius 2 is 2.20 bits per heavy atom. The predicted molar refractivity (Wildman–Crippen MR) is 61.9 cm³/mol. The van der Waals surface area contributed by atoms with Gasteiger partial charge in [0, 0.05) is 0 Å². The molecule has 1 fully saturated rings. The van der Waals surface area contributed by atoms with Gasteiger partial charge >= 0.3 is 0 Å². The third-order valence-electron chi connectivity index (χ3n) is 2.99. The quantitative estimate of drug-likeness (QED) is 0.725. The molecule has 1 nitrogen and oxygen atoms in total. The van der Waals surface area contributed by atoms with Gasteiger partial charge in [-0.1, -0.05) is 48.9 Å². The highest BCUT2D eigenvalue weighted by Gasteiger charge is 2.39. The average Bonchev–Trinajstić information content (AvgIpc) is 3.06. The Balaban J connectivity index is 2.15. The monoisotopic (exact) mass is 197 g/mol. The lowest BCUT2D eigenvalue weighted by Gasteiger charge is -2.02. The maximum atomic E-state index is 8.81. The predicted octanol–water partition coefficient (Wildman–Crippen LogP) is 3.64. The summed E-state index contributed by atoms with van der Waals surface area (Å²) in [5.41, 5.74) is 2.67. The molecular formula is C14H15N. The van der Waals surface area contributed by atoms with Crippen LogP contribution in [0.3, 0.4) is 0 Å². The Bertz CT molecular complexity index is 397. The molecule has 1 aromatic rings. The Kier molecular flexibility index (Phi) is 2.87.